The van der Waals surface area contributed by atoms with E-state index < -0.39 is 12.1 Å². The lowest BCUT2D eigenvalue weighted by Gasteiger charge is -2.35. The lowest BCUT2D eigenvalue weighted by Crippen LogP contribution is -2.38. The van der Waals surface area contributed by atoms with Gasteiger partial charge < -0.3 is 10.2 Å². The van der Waals surface area contributed by atoms with E-state index in [2.05, 4.69) is 34.7 Å². The summed E-state index contributed by atoms with van der Waals surface area (Å²) >= 11 is 3.46. The molecule has 2 atom stereocenters. The van der Waals surface area contributed by atoms with E-state index in [0.717, 1.165) is 41.5 Å². The molecule has 1 fully saturated rings. The molecule has 2 N–H and O–H groups in total. The van der Waals surface area contributed by atoms with E-state index in [1.165, 1.54) is 6.42 Å². The van der Waals surface area contributed by atoms with Crippen molar-refractivity contribution in [3.8, 4) is 5.75 Å². The second kappa shape index (κ2) is 8.71. The van der Waals surface area contributed by atoms with Gasteiger partial charge in [-0.3, -0.25) is 4.90 Å². The van der Waals surface area contributed by atoms with Crippen molar-refractivity contribution < 1.29 is 28.2 Å². The first-order valence-corrected chi connectivity index (χ1v) is 8.28. The first-order chi connectivity index (χ1) is 11.0. The Labute approximate surface area is 147 Å². The molecule has 0 amide bonds. The van der Waals surface area contributed by atoms with Gasteiger partial charge in [0, 0.05) is 29.7 Å². The summed E-state index contributed by atoms with van der Waals surface area (Å²) in [4.78, 5) is 11.3. The van der Waals surface area contributed by atoms with Crippen LogP contribution in [0.5, 0.6) is 5.75 Å². The number of halogens is 4. The van der Waals surface area contributed by atoms with Crippen molar-refractivity contribution in [2.75, 3.05) is 13.1 Å². The Morgan fingerprint density at radius 2 is 1.79 bits per heavy atom. The Morgan fingerprint density at radius 1 is 1.29 bits per heavy atom. The predicted octanol–water partition coefficient (Wildman–Crippen LogP) is 4.27. The van der Waals surface area contributed by atoms with Gasteiger partial charge >= 0.3 is 12.1 Å². The van der Waals surface area contributed by atoms with Gasteiger partial charge in [0.2, 0.25) is 0 Å². The fourth-order valence-electron chi connectivity index (χ4n) is 2.84. The number of phenols is 1. The van der Waals surface area contributed by atoms with Gasteiger partial charge in [-0.15, -0.1) is 0 Å². The highest BCUT2D eigenvalue weighted by molar-refractivity contribution is 9.10. The number of piperidine rings is 1. The van der Waals surface area contributed by atoms with E-state index in [0.29, 0.717) is 5.75 Å². The van der Waals surface area contributed by atoms with Gasteiger partial charge in [0.1, 0.15) is 5.75 Å². The zero-order chi connectivity index (χ0) is 18.5. The number of carbonyl (C=O) groups is 1. The third-order valence-electron chi connectivity index (χ3n) is 3.62. The zero-order valence-corrected chi connectivity index (χ0v) is 15.1. The number of phenolic OH excluding ortho intramolecular Hbond substituents is 1. The van der Waals surface area contributed by atoms with Crippen LogP contribution in [0.2, 0.25) is 0 Å². The minimum Gasteiger partial charge on any atom is -0.508 e. The summed E-state index contributed by atoms with van der Waals surface area (Å²) in [6.45, 7) is 7.74. The van der Waals surface area contributed by atoms with E-state index in [-0.39, 0.29) is 0 Å². The summed E-state index contributed by atoms with van der Waals surface area (Å²) in [6.07, 6.45) is -3.76. The van der Waals surface area contributed by atoms with Crippen molar-refractivity contribution in [3.63, 3.8) is 0 Å². The Hall–Kier alpha value is -1.28. The maximum absolute atomic E-state index is 10.6. The van der Waals surface area contributed by atoms with Crippen LogP contribution in [0.4, 0.5) is 13.2 Å². The Morgan fingerprint density at radius 3 is 2.25 bits per heavy atom. The monoisotopic (exact) mass is 411 g/mol. The highest BCUT2D eigenvalue weighted by atomic mass is 79.9. The summed E-state index contributed by atoms with van der Waals surface area (Å²) in [5.74, 6) is -0.840. The van der Waals surface area contributed by atoms with Gasteiger partial charge in [0.15, 0.2) is 0 Å². The molecule has 0 aromatic heterocycles. The van der Waals surface area contributed by atoms with Crippen LogP contribution in [0.1, 0.15) is 25.8 Å². The molecule has 0 spiro atoms. The Kier molecular flexibility index (Phi) is 7.54. The molecule has 1 aliphatic rings. The summed E-state index contributed by atoms with van der Waals surface area (Å²) in [5, 5.41) is 17.0. The van der Waals surface area contributed by atoms with Gasteiger partial charge in [0.25, 0.3) is 0 Å². The van der Waals surface area contributed by atoms with Crippen LogP contribution >= 0.6 is 15.9 Å². The molecule has 8 heteroatoms. The number of rotatable bonds is 2. The third kappa shape index (κ3) is 7.09. The molecular formula is C16H21BrF3NO3. The molecule has 136 valence electrons. The largest absolute Gasteiger partial charge is 0.508 e. The summed E-state index contributed by atoms with van der Waals surface area (Å²) < 4.78 is 32.8. The van der Waals surface area contributed by atoms with Crippen molar-refractivity contribution in [2.45, 2.75) is 33.0 Å². The molecular weight excluding hydrogens is 391 g/mol. The first-order valence-electron chi connectivity index (χ1n) is 7.49. The van der Waals surface area contributed by atoms with Gasteiger partial charge in [-0.25, -0.2) is 4.79 Å². The second-order valence-electron chi connectivity index (χ2n) is 6.22. The number of hydrogen-bond acceptors (Lipinski definition) is 3. The van der Waals surface area contributed by atoms with Crippen molar-refractivity contribution >= 4 is 21.9 Å². The molecule has 0 bridgehead atoms. The molecule has 0 radical (unpaired) electrons. The number of carboxylic acid groups (broad SMARTS) is 1. The molecule has 24 heavy (non-hydrogen) atoms. The number of alkyl halides is 3. The SMILES string of the molecule is CC1CC(C)CN(Cc2cc(Br)ccc2O)C1.O=C(O)C(F)(F)F. The predicted molar refractivity (Wildman–Crippen MR) is 87.7 cm³/mol. The van der Waals surface area contributed by atoms with Crippen molar-refractivity contribution in [2.24, 2.45) is 11.8 Å². The van der Waals surface area contributed by atoms with Crippen LogP contribution in [-0.4, -0.2) is 40.3 Å². The van der Waals surface area contributed by atoms with E-state index in [4.69, 9.17) is 9.90 Å². The number of hydrogen-bond donors (Lipinski definition) is 2. The minimum atomic E-state index is -5.08. The topological polar surface area (TPSA) is 60.8 Å². The lowest BCUT2D eigenvalue weighted by atomic mass is 9.91. The fraction of sp³-hybridized carbons (Fsp3) is 0.562. The Balaban J connectivity index is 0.000000351. The quantitative estimate of drug-likeness (QED) is 0.762. The van der Waals surface area contributed by atoms with Crippen LogP contribution in [-0.2, 0) is 11.3 Å². The number of aromatic hydroxyl groups is 1. The molecule has 1 aromatic carbocycles. The zero-order valence-electron chi connectivity index (χ0n) is 13.5. The van der Waals surface area contributed by atoms with Crippen LogP contribution in [0.15, 0.2) is 22.7 Å². The number of carboxylic acids is 1. The number of aliphatic carboxylic acids is 1. The summed E-state index contributed by atoms with van der Waals surface area (Å²) in [5.41, 5.74) is 1.01. The minimum absolute atomic E-state index is 0.402. The molecule has 1 aliphatic heterocycles. The van der Waals surface area contributed by atoms with Gasteiger partial charge in [-0.05, 0) is 36.5 Å². The standard InChI is InChI=1S/C14H20BrNO.C2HF3O2/c1-10-5-11(2)8-16(7-10)9-12-6-13(15)3-4-14(12)17;3-2(4,5)1(6)7/h3-4,6,10-11,17H,5,7-9H2,1-2H3;(H,6,7). The van der Waals surface area contributed by atoms with Crippen molar-refractivity contribution in [1.29, 1.82) is 0 Å². The number of benzene rings is 1. The van der Waals surface area contributed by atoms with Crippen LogP contribution in [0.25, 0.3) is 0 Å². The average molecular weight is 412 g/mol. The number of nitrogens with zero attached hydrogens (tertiary/aromatic N) is 1. The fourth-order valence-corrected chi connectivity index (χ4v) is 3.25. The highest BCUT2D eigenvalue weighted by Gasteiger charge is 2.38. The van der Waals surface area contributed by atoms with E-state index in [1.54, 1.807) is 6.07 Å². The average Bonchev–Trinajstić information content (AvgIpc) is 2.41. The molecule has 2 unspecified atom stereocenters. The molecule has 2 rings (SSSR count). The Bertz CT molecular complexity index is 556. The second-order valence-corrected chi connectivity index (χ2v) is 7.13. The normalized spacial score (nSPS) is 21.8. The van der Waals surface area contributed by atoms with Crippen LogP contribution < -0.4 is 0 Å². The molecule has 1 heterocycles. The van der Waals surface area contributed by atoms with Crippen molar-refractivity contribution in [1.82, 2.24) is 4.90 Å². The molecule has 1 saturated heterocycles. The van der Waals surface area contributed by atoms with Crippen LogP contribution in [0.3, 0.4) is 0 Å². The van der Waals surface area contributed by atoms with Crippen molar-refractivity contribution in [3.05, 3.63) is 28.2 Å². The van der Waals surface area contributed by atoms with Gasteiger partial charge in [0.05, 0.1) is 0 Å². The summed E-state index contributed by atoms with van der Waals surface area (Å²) in [6, 6.07) is 5.65. The molecule has 0 saturated carbocycles. The molecule has 0 aliphatic carbocycles. The lowest BCUT2D eigenvalue weighted by molar-refractivity contribution is -0.192. The molecule has 1 aromatic rings. The maximum atomic E-state index is 10.6. The smallest absolute Gasteiger partial charge is 0.490 e. The number of likely N-dealkylation sites (tertiary alicyclic amines) is 1. The van der Waals surface area contributed by atoms with Crippen LogP contribution in [0, 0.1) is 11.8 Å². The maximum Gasteiger partial charge on any atom is 0.490 e. The first kappa shape index (κ1) is 20.8. The van der Waals surface area contributed by atoms with E-state index in [1.807, 2.05) is 12.1 Å². The summed E-state index contributed by atoms with van der Waals surface area (Å²) in [7, 11) is 0. The van der Waals surface area contributed by atoms with E-state index in [9.17, 15) is 18.3 Å². The third-order valence-corrected chi connectivity index (χ3v) is 4.12. The van der Waals surface area contributed by atoms with Gasteiger partial charge in [-0.2, -0.15) is 13.2 Å². The molecule has 4 nitrogen and oxygen atoms in total. The van der Waals surface area contributed by atoms with E-state index >= 15 is 0 Å². The highest BCUT2D eigenvalue weighted by Crippen LogP contribution is 2.27. The van der Waals surface area contributed by atoms with Gasteiger partial charge in [-0.1, -0.05) is 29.8 Å².